The van der Waals surface area contributed by atoms with Crippen molar-refractivity contribution < 1.29 is 14.7 Å². The third-order valence-electron chi connectivity index (χ3n) is 3.63. The Bertz CT molecular complexity index is 317. The van der Waals surface area contributed by atoms with Crippen LogP contribution >= 0.6 is 0 Å². The van der Waals surface area contributed by atoms with Gasteiger partial charge in [0.1, 0.15) is 6.54 Å². The van der Waals surface area contributed by atoms with Gasteiger partial charge in [-0.3, -0.25) is 9.59 Å². The highest BCUT2D eigenvalue weighted by molar-refractivity contribution is 5.82. The van der Waals surface area contributed by atoms with E-state index in [9.17, 15) is 9.59 Å². The molecule has 1 amide bonds. The van der Waals surface area contributed by atoms with Crippen LogP contribution in [0.1, 0.15) is 46.5 Å². The maximum atomic E-state index is 12.2. The maximum absolute atomic E-state index is 12.2. The van der Waals surface area contributed by atoms with Crippen molar-refractivity contribution in [2.75, 3.05) is 19.6 Å². The number of carbonyl (C=O) groups is 2. The largest absolute Gasteiger partial charge is 0.480 e. The SMILES string of the molecule is CC(C)(C)N(CC(=O)O)C(=O)CCC1CCNCC1. The molecular formula is C14H26N2O3. The fourth-order valence-electron chi connectivity index (χ4n) is 2.47. The Morgan fingerprint density at radius 3 is 2.32 bits per heavy atom. The van der Waals surface area contributed by atoms with Gasteiger partial charge in [-0.1, -0.05) is 0 Å². The number of nitrogens with one attached hydrogen (secondary N) is 1. The van der Waals surface area contributed by atoms with Gasteiger partial charge in [0.25, 0.3) is 0 Å². The molecule has 19 heavy (non-hydrogen) atoms. The van der Waals surface area contributed by atoms with Crippen molar-refractivity contribution >= 4 is 11.9 Å². The molecule has 5 nitrogen and oxygen atoms in total. The molecule has 0 radical (unpaired) electrons. The Labute approximate surface area is 115 Å². The van der Waals surface area contributed by atoms with Crippen LogP contribution in [0, 0.1) is 5.92 Å². The molecule has 1 aliphatic rings. The maximum Gasteiger partial charge on any atom is 0.323 e. The van der Waals surface area contributed by atoms with Crippen molar-refractivity contribution in [2.24, 2.45) is 5.92 Å². The summed E-state index contributed by atoms with van der Waals surface area (Å²) in [6.45, 7) is 7.46. The number of carboxylic acid groups (broad SMARTS) is 1. The lowest BCUT2D eigenvalue weighted by atomic mass is 9.92. The van der Waals surface area contributed by atoms with Crippen molar-refractivity contribution in [2.45, 2.75) is 52.0 Å². The number of carboxylic acids is 1. The predicted octanol–water partition coefficient (Wildman–Crippen LogP) is 1.48. The average Bonchev–Trinajstić information content (AvgIpc) is 2.33. The molecule has 0 aromatic rings. The molecule has 1 fully saturated rings. The number of piperidine rings is 1. The lowest BCUT2D eigenvalue weighted by molar-refractivity contribution is -0.148. The van der Waals surface area contributed by atoms with Crippen LogP contribution in [0.5, 0.6) is 0 Å². The van der Waals surface area contributed by atoms with Gasteiger partial charge in [-0.2, -0.15) is 0 Å². The van der Waals surface area contributed by atoms with E-state index in [4.69, 9.17) is 5.11 Å². The first kappa shape index (κ1) is 16.0. The Morgan fingerprint density at radius 1 is 1.26 bits per heavy atom. The zero-order valence-electron chi connectivity index (χ0n) is 12.2. The molecule has 1 aliphatic heterocycles. The molecule has 2 N–H and O–H groups in total. The van der Waals surface area contributed by atoms with Crippen molar-refractivity contribution in [1.82, 2.24) is 10.2 Å². The number of nitrogens with zero attached hydrogens (tertiary/aromatic N) is 1. The van der Waals surface area contributed by atoms with Gasteiger partial charge >= 0.3 is 5.97 Å². The molecule has 1 rings (SSSR count). The molecule has 1 saturated heterocycles. The summed E-state index contributed by atoms with van der Waals surface area (Å²) in [5.41, 5.74) is -0.441. The first-order valence-electron chi connectivity index (χ1n) is 7.03. The molecule has 0 unspecified atom stereocenters. The van der Waals surface area contributed by atoms with Gasteiger partial charge in [0.15, 0.2) is 0 Å². The van der Waals surface area contributed by atoms with E-state index in [1.165, 1.54) is 4.90 Å². The van der Waals surface area contributed by atoms with Crippen LogP contribution in [0.2, 0.25) is 0 Å². The summed E-state index contributed by atoms with van der Waals surface area (Å²) >= 11 is 0. The molecule has 110 valence electrons. The van der Waals surface area contributed by atoms with Gasteiger partial charge in [0.05, 0.1) is 0 Å². The lowest BCUT2D eigenvalue weighted by Gasteiger charge is -2.35. The molecule has 0 aliphatic carbocycles. The molecule has 0 bridgehead atoms. The molecule has 0 saturated carbocycles. The normalized spacial score (nSPS) is 17.2. The highest BCUT2D eigenvalue weighted by atomic mass is 16.4. The van der Waals surface area contributed by atoms with Gasteiger partial charge in [0.2, 0.25) is 5.91 Å². The van der Waals surface area contributed by atoms with Gasteiger partial charge in [-0.05, 0) is 59.0 Å². The zero-order valence-corrected chi connectivity index (χ0v) is 12.2. The summed E-state index contributed by atoms with van der Waals surface area (Å²) in [7, 11) is 0. The van der Waals surface area contributed by atoms with Crippen LogP contribution in [-0.4, -0.2) is 47.1 Å². The van der Waals surface area contributed by atoms with Crippen molar-refractivity contribution in [1.29, 1.82) is 0 Å². The monoisotopic (exact) mass is 270 g/mol. The van der Waals surface area contributed by atoms with E-state index in [1.54, 1.807) is 0 Å². The highest BCUT2D eigenvalue weighted by Gasteiger charge is 2.28. The van der Waals surface area contributed by atoms with E-state index in [1.807, 2.05) is 20.8 Å². The number of rotatable bonds is 5. The minimum Gasteiger partial charge on any atom is -0.480 e. The van der Waals surface area contributed by atoms with Gasteiger partial charge in [-0.15, -0.1) is 0 Å². The standard InChI is InChI=1S/C14H26N2O3/c1-14(2,3)16(10-13(18)19)12(17)5-4-11-6-8-15-9-7-11/h11,15H,4-10H2,1-3H3,(H,18,19). The third-order valence-corrected chi connectivity index (χ3v) is 3.63. The minimum absolute atomic E-state index is 0.0477. The van der Waals surface area contributed by atoms with Crippen LogP contribution in [0.4, 0.5) is 0 Å². The van der Waals surface area contributed by atoms with Gasteiger partial charge in [-0.25, -0.2) is 0 Å². The Kier molecular flexibility index (Phi) is 5.79. The summed E-state index contributed by atoms with van der Waals surface area (Å²) in [4.78, 5) is 24.5. The number of aliphatic carboxylic acids is 1. The van der Waals surface area contributed by atoms with Crippen LogP contribution in [0.25, 0.3) is 0 Å². The number of carbonyl (C=O) groups excluding carboxylic acids is 1. The summed E-state index contributed by atoms with van der Waals surface area (Å²) in [6, 6.07) is 0. The summed E-state index contributed by atoms with van der Waals surface area (Å²) in [5, 5.41) is 12.2. The molecule has 0 atom stereocenters. The van der Waals surface area contributed by atoms with E-state index in [0.29, 0.717) is 12.3 Å². The quantitative estimate of drug-likeness (QED) is 0.794. The second-order valence-electron chi connectivity index (χ2n) is 6.28. The fourth-order valence-corrected chi connectivity index (χ4v) is 2.47. The van der Waals surface area contributed by atoms with E-state index < -0.39 is 11.5 Å². The molecule has 1 heterocycles. The molecule has 5 heteroatoms. The fraction of sp³-hybridized carbons (Fsp3) is 0.857. The number of amides is 1. The highest BCUT2D eigenvalue weighted by Crippen LogP contribution is 2.21. The first-order valence-corrected chi connectivity index (χ1v) is 7.03. The second kappa shape index (κ2) is 6.89. The van der Waals surface area contributed by atoms with E-state index in [2.05, 4.69) is 5.32 Å². The predicted molar refractivity (Wildman–Crippen MR) is 73.9 cm³/mol. The van der Waals surface area contributed by atoms with Crippen molar-refractivity contribution in [3.8, 4) is 0 Å². The van der Waals surface area contributed by atoms with Crippen LogP contribution in [-0.2, 0) is 9.59 Å². The zero-order chi connectivity index (χ0) is 14.5. The molecular weight excluding hydrogens is 244 g/mol. The molecule has 0 spiro atoms. The second-order valence-corrected chi connectivity index (χ2v) is 6.28. The third kappa shape index (κ3) is 5.59. The van der Waals surface area contributed by atoms with Gasteiger partial charge in [0, 0.05) is 12.0 Å². The van der Waals surface area contributed by atoms with Crippen LogP contribution < -0.4 is 5.32 Å². The number of hydrogen-bond donors (Lipinski definition) is 2. The van der Waals surface area contributed by atoms with Crippen LogP contribution in [0.3, 0.4) is 0 Å². The number of hydrogen-bond acceptors (Lipinski definition) is 3. The Balaban J connectivity index is 2.49. The summed E-state index contributed by atoms with van der Waals surface area (Å²) in [6.07, 6.45) is 3.55. The molecule has 0 aromatic carbocycles. The smallest absolute Gasteiger partial charge is 0.323 e. The lowest BCUT2D eigenvalue weighted by Crippen LogP contribution is -2.48. The molecule has 0 aromatic heterocycles. The topological polar surface area (TPSA) is 69.6 Å². The van der Waals surface area contributed by atoms with Crippen molar-refractivity contribution in [3.63, 3.8) is 0 Å². The Morgan fingerprint density at radius 2 is 1.84 bits per heavy atom. The van der Waals surface area contributed by atoms with Crippen LogP contribution in [0.15, 0.2) is 0 Å². The average molecular weight is 270 g/mol. The van der Waals surface area contributed by atoms with Gasteiger partial charge < -0.3 is 15.3 Å². The first-order chi connectivity index (χ1) is 8.80. The van der Waals surface area contributed by atoms with E-state index in [0.717, 1.165) is 32.4 Å². The summed E-state index contributed by atoms with van der Waals surface area (Å²) < 4.78 is 0. The van der Waals surface area contributed by atoms with E-state index >= 15 is 0 Å². The van der Waals surface area contributed by atoms with Crippen molar-refractivity contribution in [3.05, 3.63) is 0 Å². The van der Waals surface area contributed by atoms with E-state index in [-0.39, 0.29) is 12.5 Å². The minimum atomic E-state index is -0.954. The Hall–Kier alpha value is -1.10. The summed E-state index contributed by atoms with van der Waals surface area (Å²) in [5.74, 6) is -0.407.